The monoisotopic (exact) mass is 725 g/mol. The van der Waals surface area contributed by atoms with Crippen molar-refractivity contribution < 1.29 is 14.3 Å². The van der Waals surface area contributed by atoms with Crippen molar-refractivity contribution in [3.05, 3.63) is 105 Å². The third kappa shape index (κ3) is 7.07. The molecule has 51 heavy (non-hydrogen) atoms. The van der Waals surface area contributed by atoms with Gasteiger partial charge in [-0.25, -0.2) is 9.97 Å². The molecule has 0 aliphatic carbocycles. The Morgan fingerprint density at radius 2 is 1.71 bits per heavy atom. The SMILES string of the molecule is CNC(=O)C1CN(Cc2cnc3cc(-c4cccc(-c5cccc(-c6ccc(CNC[C@H]7CCC(=O)N7)c(OC)n6)c5Cl)c4Cl)ccn3c2=O)C1. The number of aromatic nitrogens is 3. The van der Waals surface area contributed by atoms with Gasteiger partial charge in [-0.05, 0) is 30.2 Å². The smallest absolute Gasteiger partial charge is 0.262 e. The highest BCUT2D eigenvalue weighted by Crippen LogP contribution is 2.42. The lowest BCUT2D eigenvalue weighted by atomic mass is 9.97. The molecule has 0 spiro atoms. The fraction of sp³-hybridized carbons (Fsp3) is 0.289. The minimum Gasteiger partial charge on any atom is -0.481 e. The summed E-state index contributed by atoms with van der Waals surface area (Å²) in [5, 5.41) is 10.0. The molecule has 3 aromatic heterocycles. The molecule has 3 N–H and O–H groups in total. The standard InChI is InChI=1S/C38H37Cl2N7O4/c1-41-36(49)25-20-46(21-25)19-24-17-43-32-15-22(13-14-47(32)38(24)50)27-5-3-6-28(34(27)39)29-7-4-8-30(35(29)40)31-11-9-23(37(45-31)51-2)16-42-18-26-10-12-33(48)44-26/h3-9,11,13-15,17,25-26,42H,10,12,16,18-21H2,1-2H3,(H,41,49)(H,44,48)/t26-/m1/s1. The van der Waals surface area contributed by atoms with Crippen LogP contribution in [-0.4, -0.2) is 70.9 Å². The molecule has 2 aliphatic rings. The molecule has 2 amide bonds. The Morgan fingerprint density at radius 1 is 0.980 bits per heavy atom. The third-order valence-electron chi connectivity index (χ3n) is 9.55. The molecular weight excluding hydrogens is 689 g/mol. The highest BCUT2D eigenvalue weighted by atomic mass is 35.5. The number of rotatable bonds is 11. The maximum Gasteiger partial charge on any atom is 0.262 e. The average Bonchev–Trinajstić information content (AvgIpc) is 3.55. The fourth-order valence-corrected chi connectivity index (χ4v) is 7.40. The van der Waals surface area contributed by atoms with E-state index in [1.807, 2.05) is 60.7 Å². The number of nitrogens with one attached hydrogen (secondary N) is 3. The number of amides is 2. The first-order valence-corrected chi connectivity index (χ1v) is 17.6. The average molecular weight is 727 g/mol. The highest BCUT2D eigenvalue weighted by molar-refractivity contribution is 6.39. The van der Waals surface area contributed by atoms with Crippen molar-refractivity contribution in [2.45, 2.75) is 32.0 Å². The van der Waals surface area contributed by atoms with Gasteiger partial charge in [-0.15, -0.1) is 0 Å². The van der Waals surface area contributed by atoms with Gasteiger partial charge in [0.2, 0.25) is 17.7 Å². The number of benzene rings is 2. The summed E-state index contributed by atoms with van der Waals surface area (Å²) in [4.78, 5) is 48.1. The number of methoxy groups -OCH3 is 1. The van der Waals surface area contributed by atoms with Crippen molar-refractivity contribution >= 4 is 40.7 Å². The summed E-state index contributed by atoms with van der Waals surface area (Å²) >= 11 is 14.2. The largest absolute Gasteiger partial charge is 0.481 e. The number of likely N-dealkylation sites (tertiary alicyclic amines) is 1. The summed E-state index contributed by atoms with van der Waals surface area (Å²) in [5.74, 6) is 0.551. The van der Waals surface area contributed by atoms with Crippen LogP contribution in [0.3, 0.4) is 0 Å². The predicted octanol–water partition coefficient (Wildman–Crippen LogP) is 4.95. The first-order chi connectivity index (χ1) is 24.7. The van der Waals surface area contributed by atoms with Crippen LogP contribution in [0.4, 0.5) is 0 Å². The first kappa shape index (κ1) is 34.6. The second kappa shape index (κ2) is 14.8. The number of pyridine rings is 2. The second-order valence-electron chi connectivity index (χ2n) is 12.9. The van der Waals surface area contributed by atoms with E-state index in [2.05, 4.69) is 25.8 Å². The number of carbonyl (C=O) groups excluding carboxylic acids is 2. The lowest BCUT2D eigenvalue weighted by molar-refractivity contribution is -0.130. The van der Waals surface area contributed by atoms with E-state index in [0.717, 1.165) is 39.8 Å². The van der Waals surface area contributed by atoms with E-state index in [1.54, 1.807) is 26.6 Å². The number of nitrogens with zero attached hydrogens (tertiary/aromatic N) is 4. The predicted molar refractivity (Wildman–Crippen MR) is 198 cm³/mol. The van der Waals surface area contributed by atoms with Crippen LogP contribution in [-0.2, 0) is 22.7 Å². The highest BCUT2D eigenvalue weighted by Gasteiger charge is 2.32. The van der Waals surface area contributed by atoms with E-state index in [-0.39, 0.29) is 29.3 Å². The summed E-state index contributed by atoms with van der Waals surface area (Å²) in [6.45, 7) is 2.87. The van der Waals surface area contributed by atoms with Gasteiger partial charge in [-0.2, -0.15) is 0 Å². The van der Waals surface area contributed by atoms with Gasteiger partial charge in [0.1, 0.15) is 5.65 Å². The lowest BCUT2D eigenvalue weighted by Crippen LogP contribution is -2.52. The Morgan fingerprint density at radius 3 is 2.41 bits per heavy atom. The maximum absolute atomic E-state index is 13.3. The molecule has 11 nitrogen and oxygen atoms in total. The Balaban J connectivity index is 1.11. The number of carbonyl (C=O) groups is 2. The first-order valence-electron chi connectivity index (χ1n) is 16.8. The van der Waals surface area contributed by atoms with E-state index in [0.29, 0.717) is 72.0 Å². The summed E-state index contributed by atoms with van der Waals surface area (Å²) in [5.41, 5.74) is 6.27. The normalized spacial score (nSPS) is 16.2. The van der Waals surface area contributed by atoms with Crippen molar-refractivity contribution in [2.75, 3.05) is 33.8 Å². The van der Waals surface area contributed by atoms with Crippen molar-refractivity contribution in [2.24, 2.45) is 5.92 Å². The molecule has 262 valence electrons. The van der Waals surface area contributed by atoms with Crippen LogP contribution in [0.2, 0.25) is 10.0 Å². The number of hydrogen-bond acceptors (Lipinski definition) is 8. The van der Waals surface area contributed by atoms with Crippen molar-refractivity contribution in [1.82, 2.24) is 35.2 Å². The molecule has 2 aliphatic heterocycles. The summed E-state index contributed by atoms with van der Waals surface area (Å²) in [6, 6.07) is 19.2. The summed E-state index contributed by atoms with van der Waals surface area (Å²) in [6.07, 6.45) is 4.72. The van der Waals surface area contributed by atoms with Crippen molar-refractivity contribution in [3.8, 4) is 39.4 Å². The molecule has 1 atom stereocenters. The van der Waals surface area contributed by atoms with E-state index in [1.165, 1.54) is 4.40 Å². The quantitative estimate of drug-likeness (QED) is 0.175. The van der Waals surface area contributed by atoms with Gasteiger partial charge < -0.3 is 20.7 Å². The van der Waals surface area contributed by atoms with Crippen molar-refractivity contribution in [3.63, 3.8) is 0 Å². The van der Waals surface area contributed by atoms with Gasteiger partial charge in [-0.1, -0.05) is 65.7 Å². The third-order valence-corrected chi connectivity index (χ3v) is 10.4. The van der Waals surface area contributed by atoms with E-state index < -0.39 is 0 Å². The zero-order valence-corrected chi connectivity index (χ0v) is 29.7. The summed E-state index contributed by atoms with van der Waals surface area (Å²) < 4.78 is 7.18. The molecule has 7 rings (SSSR count). The molecule has 2 fully saturated rings. The molecule has 5 aromatic rings. The second-order valence-corrected chi connectivity index (χ2v) is 13.6. The lowest BCUT2D eigenvalue weighted by Gasteiger charge is -2.37. The zero-order chi connectivity index (χ0) is 35.6. The summed E-state index contributed by atoms with van der Waals surface area (Å²) in [7, 11) is 3.22. The molecule has 13 heteroatoms. The molecule has 5 heterocycles. The molecular formula is C38H37Cl2N7O4. The zero-order valence-electron chi connectivity index (χ0n) is 28.2. The van der Waals surface area contributed by atoms with Crippen LogP contribution in [0.25, 0.3) is 39.2 Å². The van der Waals surface area contributed by atoms with Gasteiger partial charge in [0.15, 0.2) is 0 Å². The van der Waals surface area contributed by atoms with Crippen LogP contribution in [0.15, 0.2) is 77.9 Å². The molecule has 0 saturated carbocycles. The van der Waals surface area contributed by atoms with E-state index >= 15 is 0 Å². The Kier molecular flexibility index (Phi) is 10.1. The van der Waals surface area contributed by atoms with Crippen LogP contribution in [0.5, 0.6) is 5.88 Å². The minimum absolute atomic E-state index is 0.0194. The topological polar surface area (TPSA) is 130 Å². The minimum atomic E-state index is -0.146. The number of halogens is 2. The molecule has 2 saturated heterocycles. The number of ether oxygens (including phenoxy) is 1. The molecule has 0 radical (unpaired) electrons. The van der Waals surface area contributed by atoms with Crippen LogP contribution < -0.4 is 26.2 Å². The number of hydrogen-bond donors (Lipinski definition) is 3. The Hall–Kier alpha value is -4.81. The van der Waals surface area contributed by atoms with Gasteiger partial charge in [-0.3, -0.25) is 23.7 Å². The molecule has 0 bridgehead atoms. The maximum atomic E-state index is 13.3. The van der Waals surface area contributed by atoms with Crippen molar-refractivity contribution in [1.29, 1.82) is 0 Å². The molecule has 2 aromatic carbocycles. The Labute approximate surface area is 305 Å². The van der Waals surface area contributed by atoms with E-state index in [4.69, 9.17) is 32.9 Å². The van der Waals surface area contributed by atoms with Crippen LogP contribution >= 0.6 is 23.2 Å². The van der Waals surface area contributed by atoms with Gasteiger partial charge in [0, 0.05) is 92.4 Å². The van der Waals surface area contributed by atoms with E-state index in [9.17, 15) is 14.4 Å². The Bertz CT molecular complexity index is 2200. The van der Waals surface area contributed by atoms with Gasteiger partial charge >= 0.3 is 0 Å². The van der Waals surface area contributed by atoms with Crippen LogP contribution in [0, 0.1) is 5.92 Å². The fourth-order valence-electron chi connectivity index (χ4n) is 6.74. The number of fused-ring (bicyclic) bond motifs is 1. The van der Waals surface area contributed by atoms with Crippen LogP contribution in [0.1, 0.15) is 24.0 Å². The molecule has 0 unspecified atom stereocenters. The van der Waals surface area contributed by atoms with Gasteiger partial charge in [0.25, 0.3) is 5.56 Å². The van der Waals surface area contributed by atoms with Gasteiger partial charge in [0.05, 0.1) is 34.3 Å².